The molecule has 0 spiro atoms. The van der Waals surface area contributed by atoms with Gasteiger partial charge in [0.15, 0.2) is 0 Å². The van der Waals surface area contributed by atoms with Gasteiger partial charge < -0.3 is 20.3 Å². The first-order valence-corrected chi connectivity index (χ1v) is 9.01. The Morgan fingerprint density at radius 3 is 2.15 bits per heavy atom. The molecule has 0 aromatic heterocycles. The highest BCUT2D eigenvalue weighted by atomic mass is 16.5. The zero-order chi connectivity index (χ0) is 19.0. The molecule has 2 aromatic rings. The van der Waals surface area contributed by atoms with Crippen molar-refractivity contribution in [2.75, 3.05) is 13.2 Å². The van der Waals surface area contributed by atoms with Gasteiger partial charge in [-0.1, -0.05) is 48.5 Å². The average Bonchev–Trinajstić information content (AvgIpc) is 2.96. The van der Waals surface area contributed by atoms with Crippen LogP contribution in [0.25, 0.3) is 11.1 Å². The van der Waals surface area contributed by atoms with Crippen LogP contribution in [-0.2, 0) is 9.53 Å². The monoisotopic (exact) mass is 367 g/mol. The molecule has 0 bridgehead atoms. The van der Waals surface area contributed by atoms with Crippen molar-refractivity contribution >= 4 is 12.1 Å². The van der Waals surface area contributed by atoms with Crippen LogP contribution in [0, 0.1) is 5.92 Å². The van der Waals surface area contributed by atoms with Crippen LogP contribution in [0.1, 0.15) is 29.9 Å². The maximum Gasteiger partial charge on any atom is 0.407 e. The maximum absolute atomic E-state index is 12.1. The van der Waals surface area contributed by atoms with Gasteiger partial charge in [-0.2, -0.15) is 0 Å². The summed E-state index contributed by atoms with van der Waals surface area (Å²) in [5, 5.41) is 21.6. The van der Waals surface area contributed by atoms with Gasteiger partial charge in [-0.15, -0.1) is 0 Å². The van der Waals surface area contributed by atoms with Crippen molar-refractivity contribution in [3.63, 3.8) is 0 Å². The molecule has 0 radical (unpaired) electrons. The summed E-state index contributed by atoms with van der Waals surface area (Å²) in [6.45, 7) is 0.198. The number of carboxylic acid groups (broad SMARTS) is 1. The fourth-order valence-corrected chi connectivity index (χ4v) is 4.06. The molecule has 27 heavy (non-hydrogen) atoms. The van der Waals surface area contributed by atoms with Gasteiger partial charge in [-0.3, -0.25) is 4.79 Å². The van der Waals surface area contributed by atoms with Gasteiger partial charge >= 0.3 is 12.1 Å². The third-order valence-electron chi connectivity index (χ3n) is 5.51. The molecular weight excluding hydrogens is 346 g/mol. The Hall–Kier alpha value is -2.86. The van der Waals surface area contributed by atoms with Crippen molar-refractivity contribution in [2.24, 2.45) is 5.92 Å². The van der Waals surface area contributed by atoms with Crippen molar-refractivity contribution < 1.29 is 24.5 Å². The van der Waals surface area contributed by atoms with E-state index < -0.39 is 23.6 Å². The summed E-state index contributed by atoms with van der Waals surface area (Å²) in [6.07, 6.45) is -0.318. The third-order valence-corrected chi connectivity index (χ3v) is 5.51. The Kier molecular flexibility index (Phi) is 4.36. The smallest absolute Gasteiger partial charge is 0.407 e. The molecule has 1 saturated carbocycles. The Bertz CT molecular complexity index is 842. The van der Waals surface area contributed by atoms with Gasteiger partial charge in [-0.05, 0) is 35.1 Å². The summed E-state index contributed by atoms with van der Waals surface area (Å²) in [7, 11) is 0. The first kappa shape index (κ1) is 17.5. The molecule has 2 aliphatic carbocycles. The van der Waals surface area contributed by atoms with E-state index in [4.69, 9.17) is 9.84 Å². The maximum atomic E-state index is 12.1. The summed E-state index contributed by atoms with van der Waals surface area (Å²) in [6, 6.07) is 16.2. The van der Waals surface area contributed by atoms with E-state index in [0.717, 1.165) is 22.3 Å². The van der Waals surface area contributed by atoms with E-state index in [0.29, 0.717) is 0 Å². The molecule has 0 heterocycles. The second kappa shape index (κ2) is 6.70. The third kappa shape index (κ3) is 3.28. The van der Waals surface area contributed by atoms with Crippen LogP contribution < -0.4 is 5.32 Å². The molecule has 0 saturated heterocycles. The molecule has 3 N–H and O–H groups in total. The fourth-order valence-electron chi connectivity index (χ4n) is 4.06. The lowest BCUT2D eigenvalue weighted by Crippen LogP contribution is -2.54. The van der Waals surface area contributed by atoms with Crippen molar-refractivity contribution in [3.8, 4) is 11.1 Å². The summed E-state index contributed by atoms with van der Waals surface area (Å²) < 4.78 is 5.40. The van der Waals surface area contributed by atoms with Gasteiger partial charge in [0.25, 0.3) is 0 Å². The van der Waals surface area contributed by atoms with E-state index in [2.05, 4.69) is 17.4 Å². The second-order valence-corrected chi connectivity index (χ2v) is 7.35. The minimum Gasteiger partial charge on any atom is -0.481 e. The van der Waals surface area contributed by atoms with E-state index in [1.54, 1.807) is 0 Å². The number of fused-ring (bicyclic) bond motifs is 3. The minimum atomic E-state index is -1.16. The van der Waals surface area contributed by atoms with Crippen molar-refractivity contribution in [1.82, 2.24) is 5.32 Å². The van der Waals surface area contributed by atoms with E-state index in [1.807, 2.05) is 36.4 Å². The van der Waals surface area contributed by atoms with E-state index in [-0.39, 0.29) is 31.9 Å². The van der Waals surface area contributed by atoms with Gasteiger partial charge in [0, 0.05) is 12.5 Å². The average molecular weight is 367 g/mol. The van der Waals surface area contributed by atoms with Gasteiger partial charge in [0.05, 0.1) is 11.5 Å². The largest absolute Gasteiger partial charge is 0.481 e. The number of amides is 1. The van der Waals surface area contributed by atoms with Crippen molar-refractivity contribution in [3.05, 3.63) is 59.7 Å². The lowest BCUT2D eigenvalue weighted by molar-refractivity contribution is -0.157. The highest BCUT2D eigenvalue weighted by Gasteiger charge is 2.46. The molecule has 4 rings (SSSR count). The van der Waals surface area contributed by atoms with E-state index >= 15 is 0 Å². The molecule has 6 heteroatoms. The van der Waals surface area contributed by atoms with Crippen LogP contribution >= 0.6 is 0 Å². The fraction of sp³-hybridized carbons (Fsp3) is 0.333. The zero-order valence-electron chi connectivity index (χ0n) is 14.7. The molecule has 1 fully saturated rings. The number of rotatable bonds is 5. The lowest BCUT2D eigenvalue weighted by Gasteiger charge is -2.41. The molecular formula is C21H21NO5. The highest BCUT2D eigenvalue weighted by molar-refractivity contribution is 5.79. The molecule has 140 valence electrons. The molecule has 0 atom stereocenters. The zero-order valence-corrected chi connectivity index (χ0v) is 14.7. The Morgan fingerprint density at radius 2 is 1.59 bits per heavy atom. The molecule has 2 aromatic carbocycles. The topological polar surface area (TPSA) is 95.9 Å². The van der Waals surface area contributed by atoms with Gasteiger partial charge in [0.2, 0.25) is 0 Å². The minimum absolute atomic E-state index is 0.00649. The Morgan fingerprint density at radius 1 is 1.04 bits per heavy atom. The van der Waals surface area contributed by atoms with Crippen LogP contribution in [0.4, 0.5) is 4.79 Å². The number of hydrogen-bond donors (Lipinski definition) is 3. The first-order valence-electron chi connectivity index (χ1n) is 9.01. The lowest BCUT2D eigenvalue weighted by atomic mass is 9.71. The normalized spacial score (nSPS) is 23.1. The summed E-state index contributed by atoms with van der Waals surface area (Å²) in [4.78, 5) is 22.9. The van der Waals surface area contributed by atoms with Crippen LogP contribution in [0.5, 0.6) is 0 Å². The second-order valence-electron chi connectivity index (χ2n) is 7.35. The van der Waals surface area contributed by atoms with Crippen LogP contribution in [-0.4, -0.2) is 41.0 Å². The predicted octanol–water partition coefficient (Wildman–Crippen LogP) is 2.75. The number of carbonyl (C=O) groups is 2. The van der Waals surface area contributed by atoms with E-state index in [1.165, 1.54) is 0 Å². The van der Waals surface area contributed by atoms with Gasteiger partial charge in [0.1, 0.15) is 6.61 Å². The van der Waals surface area contributed by atoms with Crippen LogP contribution in [0.2, 0.25) is 0 Å². The summed E-state index contributed by atoms with van der Waals surface area (Å²) in [5.41, 5.74) is 3.42. The number of aliphatic carboxylic acids is 1. The Balaban J connectivity index is 1.35. The van der Waals surface area contributed by atoms with Crippen LogP contribution in [0.15, 0.2) is 48.5 Å². The SMILES string of the molecule is O=C(NCC1(O)CC(C(=O)O)C1)OCC1c2ccccc2-c2ccccc21. The van der Waals surface area contributed by atoms with Crippen LogP contribution in [0.3, 0.4) is 0 Å². The van der Waals surface area contributed by atoms with Crippen molar-refractivity contribution in [1.29, 1.82) is 0 Å². The molecule has 0 aliphatic heterocycles. The number of alkyl carbamates (subject to hydrolysis) is 1. The molecule has 6 nitrogen and oxygen atoms in total. The molecule has 1 amide bonds. The highest BCUT2D eigenvalue weighted by Crippen LogP contribution is 2.44. The van der Waals surface area contributed by atoms with Crippen molar-refractivity contribution in [2.45, 2.75) is 24.4 Å². The number of ether oxygens (including phenoxy) is 1. The Labute approximate surface area is 156 Å². The molecule has 0 unspecified atom stereocenters. The number of aliphatic hydroxyl groups is 1. The number of carboxylic acids is 1. The molecule has 2 aliphatic rings. The van der Waals surface area contributed by atoms with Gasteiger partial charge in [-0.25, -0.2) is 4.79 Å². The predicted molar refractivity (Wildman–Crippen MR) is 98.4 cm³/mol. The number of carbonyl (C=O) groups excluding carboxylic acids is 1. The summed E-state index contributed by atoms with van der Waals surface area (Å²) >= 11 is 0. The number of hydrogen-bond acceptors (Lipinski definition) is 4. The summed E-state index contributed by atoms with van der Waals surface area (Å²) in [5.74, 6) is -1.48. The quantitative estimate of drug-likeness (QED) is 0.755. The number of nitrogens with one attached hydrogen (secondary N) is 1. The number of benzene rings is 2. The van der Waals surface area contributed by atoms with E-state index in [9.17, 15) is 14.7 Å². The standard InChI is InChI=1S/C21H21NO5/c23-19(24)13-9-21(26,10-13)12-22-20(25)27-11-18-16-7-3-1-5-14(16)15-6-2-4-8-17(15)18/h1-8,13,18,26H,9-12H2,(H,22,25)(H,23,24). The first-order chi connectivity index (χ1) is 13.0.